The fourth-order valence-corrected chi connectivity index (χ4v) is 1.66. The lowest BCUT2D eigenvalue weighted by Crippen LogP contribution is -1.92. The van der Waals surface area contributed by atoms with Crippen LogP contribution in [0.5, 0.6) is 0 Å². The van der Waals surface area contributed by atoms with Gasteiger partial charge in [0, 0.05) is 6.54 Å². The summed E-state index contributed by atoms with van der Waals surface area (Å²) in [4.78, 5) is 0. The molecule has 1 nitrogen and oxygen atoms in total. The number of fused-ring (bicyclic) bond motifs is 1. The Bertz CT molecular complexity index is 361. The van der Waals surface area contributed by atoms with Crippen LogP contribution >= 0.6 is 0 Å². The molecular formula is C12H13N. The van der Waals surface area contributed by atoms with Crippen LogP contribution in [0, 0.1) is 0 Å². The summed E-state index contributed by atoms with van der Waals surface area (Å²) >= 11 is 0. The van der Waals surface area contributed by atoms with Gasteiger partial charge >= 0.3 is 0 Å². The molecule has 0 fully saturated rings. The lowest BCUT2D eigenvalue weighted by molar-refractivity contribution is 1.26. The van der Waals surface area contributed by atoms with E-state index >= 15 is 0 Å². The van der Waals surface area contributed by atoms with E-state index in [4.69, 9.17) is 5.73 Å². The van der Waals surface area contributed by atoms with Crippen LogP contribution in [0.4, 0.5) is 0 Å². The second kappa shape index (κ2) is 3.58. The molecule has 0 saturated heterocycles. The van der Waals surface area contributed by atoms with Crippen molar-refractivity contribution in [2.24, 2.45) is 5.73 Å². The average molecular weight is 171 g/mol. The Hall–Kier alpha value is -1.34. The predicted molar refractivity (Wildman–Crippen MR) is 56.3 cm³/mol. The maximum absolute atomic E-state index is 5.41. The summed E-state index contributed by atoms with van der Waals surface area (Å²) in [5.74, 6) is 0. The van der Waals surface area contributed by atoms with Crippen LogP contribution in [0.3, 0.4) is 0 Å². The van der Waals surface area contributed by atoms with Crippen LogP contribution in [0.25, 0.3) is 5.57 Å². The molecule has 0 aliphatic heterocycles. The Kier molecular flexibility index (Phi) is 2.28. The summed E-state index contributed by atoms with van der Waals surface area (Å²) in [6.45, 7) is 0.611. The first-order valence-corrected chi connectivity index (χ1v) is 4.57. The summed E-state index contributed by atoms with van der Waals surface area (Å²) in [7, 11) is 0. The van der Waals surface area contributed by atoms with E-state index in [9.17, 15) is 0 Å². The molecule has 0 saturated carbocycles. The number of hydrogen-bond acceptors (Lipinski definition) is 1. The zero-order chi connectivity index (χ0) is 9.10. The molecule has 0 amide bonds. The summed E-state index contributed by atoms with van der Waals surface area (Å²) in [5.41, 5.74) is 9.49. The largest absolute Gasteiger partial charge is 0.327 e. The van der Waals surface area contributed by atoms with Gasteiger partial charge in [0.15, 0.2) is 0 Å². The van der Waals surface area contributed by atoms with Gasteiger partial charge in [-0.25, -0.2) is 0 Å². The minimum absolute atomic E-state index is 0.611. The third-order valence-corrected chi connectivity index (χ3v) is 2.30. The highest BCUT2D eigenvalue weighted by Crippen LogP contribution is 2.27. The number of nitrogens with two attached hydrogens (primary N) is 1. The molecule has 13 heavy (non-hydrogen) atoms. The first kappa shape index (κ1) is 8.27. The first-order valence-electron chi connectivity index (χ1n) is 4.57. The smallest absolute Gasteiger partial charge is 0.0110 e. The van der Waals surface area contributed by atoms with Crippen molar-refractivity contribution >= 4 is 5.57 Å². The SMILES string of the molecule is NC/C=C/C1=CCc2ccccc21. The molecule has 0 heterocycles. The van der Waals surface area contributed by atoms with Crippen molar-refractivity contribution in [1.82, 2.24) is 0 Å². The average Bonchev–Trinajstić information content (AvgIpc) is 2.58. The number of benzene rings is 1. The Morgan fingerprint density at radius 2 is 2.15 bits per heavy atom. The van der Waals surface area contributed by atoms with Crippen LogP contribution in [-0.4, -0.2) is 6.54 Å². The van der Waals surface area contributed by atoms with Gasteiger partial charge in [-0.15, -0.1) is 0 Å². The Morgan fingerprint density at radius 1 is 1.31 bits per heavy atom. The van der Waals surface area contributed by atoms with Crippen LogP contribution in [0.1, 0.15) is 11.1 Å². The molecule has 0 bridgehead atoms. The van der Waals surface area contributed by atoms with Crippen molar-refractivity contribution in [1.29, 1.82) is 0 Å². The van der Waals surface area contributed by atoms with Crippen LogP contribution in [0.2, 0.25) is 0 Å². The van der Waals surface area contributed by atoms with Crippen molar-refractivity contribution in [2.75, 3.05) is 6.54 Å². The molecule has 0 aromatic heterocycles. The van der Waals surface area contributed by atoms with Gasteiger partial charge in [0.2, 0.25) is 0 Å². The summed E-state index contributed by atoms with van der Waals surface area (Å²) in [6.07, 6.45) is 7.40. The molecule has 2 N–H and O–H groups in total. The molecule has 0 unspecified atom stereocenters. The van der Waals surface area contributed by atoms with E-state index < -0.39 is 0 Å². The van der Waals surface area contributed by atoms with Gasteiger partial charge in [-0.05, 0) is 23.1 Å². The molecule has 1 heteroatoms. The second-order valence-electron chi connectivity index (χ2n) is 3.16. The van der Waals surface area contributed by atoms with Crippen molar-refractivity contribution < 1.29 is 0 Å². The van der Waals surface area contributed by atoms with E-state index in [1.807, 2.05) is 6.08 Å². The summed E-state index contributed by atoms with van der Waals surface area (Å²) in [5, 5.41) is 0. The van der Waals surface area contributed by atoms with Crippen molar-refractivity contribution in [3.63, 3.8) is 0 Å². The van der Waals surface area contributed by atoms with Crippen molar-refractivity contribution in [3.05, 3.63) is 53.6 Å². The molecule has 1 aliphatic rings. The van der Waals surface area contributed by atoms with E-state index in [0.717, 1.165) is 6.42 Å². The molecule has 1 aromatic carbocycles. The van der Waals surface area contributed by atoms with Gasteiger partial charge in [-0.2, -0.15) is 0 Å². The van der Waals surface area contributed by atoms with Gasteiger partial charge in [0.05, 0.1) is 0 Å². The highest BCUT2D eigenvalue weighted by molar-refractivity contribution is 5.79. The quantitative estimate of drug-likeness (QED) is 0.724. The van der Waals surface area contributed by atoms with E-state index in [1.165, 1.54) is 16.7 Å². The molecule has 0 radical (unpaired) electrons. The van der Waals surface area contributed by atoms with E-state index in [2.05, 4.69) is 36.4 Å². The van der Waals surface area contributed by atoms with Crippen molar-refractivity contribution in [2.45, 2.75) is 6.42 Å². The van der Waals surface area contributed by atoms with Crippen LogP contribution in [0.15, 0.2) is 42.5 Å². The second-order valence-corrected chi connectivity index (χ2v) is 3.16. The molecule has 0 atom stereocenters. The number of rotatable bonds is 2. The van der Waals surface area contributed by atoms with Gasteiger partial charge in [0.1, 0.15) is 0 Å². The number of hydrogen-bond donors (Lipinski definition) is 1. The van der Waals surface area contributed by atoms with E-state index in [-0.39, 0.29) is 0 Å². The molecule has 1 aliphatic carbocycles. The van der Waals surface area contributed by atoms with Gasteiger partial charge in [0.25, 0.3) is 0 Å². The first-order chi connectivity index (χ1) is 6.42. The van der Waals surface area contributed by atoms with Crippen LogP contribution < -0.4 is 5.73 Å². The molecule has 66 valence electrons. The zero-order valence-corrected chi connectivity index (χ0v) is 7.53. The molecule has 2 rings (SSSR count). The van der Waals surface area contributed by atoms with Gasteiger partial charge < -0.3 is 5.73 Å². The minimum atomic E-state index is 0.611. The van der Waals surface area contributed by atoms with Crippen LogP contribution in [-0.2, 0) is 6.42 Å². The molecule has 0 spiro atoms. The van der Waals surface area contributed by atoms with Gasteiger partial charge in [-0.3, -0.25) is 0 Å². The lowest BCUT2D eigenvalue weighted by Gasteiger charge is -1.99. The lowest BCUT2D eigenvalue weighted by atomic mass is 10.1. The third-order valence-electron chi connectivity index (χ3n) is 2.30. The Morgan fingerprint density at radius 3 is 3.00 bits per heavy atom. The van der Waals surface area contributed by atoms with Crippen molar-refractivity contribution in [3.8, 4) is 0 Å². The van der Waals surface area contributed by atoms with E-state index in [1.54, 1.807) is 0 Å². The van der Waals surface area contributed by atoms with Gasteiger partial charge in [-0.1, -0.05) is 42.5 Å². The highest BCUT2D eigenvalue weighted by Gasteiger charge is 2.09. The predicted octanol–water partition coefficient (Wildman–Crippen LogP) is 2.14. The summed E-state index contributed by atoms with van der Waals surface area (Å²) in [6, 6.07) is 8.50. The monoisotopic (exact) mass is 171 g/mol. The third kappa shape index (κ3) is 1.56. The fourth-order valence-electron chi connectivity index (χ4n) is 1.66. The molecular weight excluding hydrogens is 158 g/mol. The zero-order valence-electron chi connectivity index (χ0n) is 7.53. The summed E-state index contributed by atoms with van der Waals surface area (Å²) < 4.78 is 0. The van der Waals surface area contributed by atoms with E-state index in [0.29, 0.717) is 6.54 Å². The Balaban J connectivity index is 2.31. The highest BCUT2D eigenvalue weighted by atomic mass is 14.5. The normalized spacial score (nSPS) is 14.7. The Labute approximate surface area is 78.6 Å². The maximum Gasteiger partial charge on any atom is 0.0110 e. The molecule has 1 aromatic rings. The topological polar surface area (TPSA) is 26.0 Å². The minimum Gasteiger partial charge on any atom is -0.327 e. The number of allylic oxidation sites excluding steroid dienone is 3. The fraction of sp³-hybridized carbons (Fsp3) is 0.167. The maximum atomic E-state index is 5.41. The standard InChI is InChI=1S/C12H13N/c13-9-3-5-11-8-7-10-4-1-2-6-12(10)11/h1-6,8H,7,9,13H2/b5-3+.